The number of ether oxygens (including phenoxy) is 1. The number of anilines is 1. The van der Waals surface area contributed by atoms with Crippen molar-refractivity contribution in [1.29, 1.82) is 0 Å². The van der Waals surface area contributed by atoms with Crippen molar-refractivity contribution in [2.24, 2.45) is 4.99 Å². The third kappa shape index (κ3) is 3.78. The number of hydrogen-bond donors (Lipinski definition) is 1. The summed E-state index contributed by atoms with van der Waals surface area (Å²) in [5.41, 5.74) is 3.17. The molecule has 25 heavy (non-hydrogen) atoms. The predicted molar refractivity (Wildman–Crippen MR) is 102 cm³/mol. The van der Waals surface area contributed by atoms with E-state index in [1.54, 1.807) is 13.3 Å². The van der Waals surface area contributed by atoms with Gasteiger partial charge in [-0.3, -0.25) is 9.98 Å². The Balaban J connectivity index is 1.71. The van der Waals surface area contributed by atoms with Gasteiger partial charge in [0.25, 0.3) is 0 Å². The number of nitrogens with one attached hydrogen (secondary N) is 1. The molecule has 0 bridgehead atoms. The highest BCUT2D eigenvalue weighted by Gasteiger charge is 2.28. The number of aromatic nitrogens is 1. The molecule has 2 aliphatic rings. The lowest BCUT2D eigenvalue weighted by Gasteiger charge is -2.41. The van der Waals surface area contributed by atoms with Crippen molar-refractivity contribution in [2.75, 3.05) is 25.1 Å². The van der Waals surface area contributed by atoms with Gasteiger partial charge in [-0.05, 0) is 26.7 Å². The Bertz CT molecular complexity index is 676. The summed E-state index contributed by atoms with van der Waals surface area (Å²) in [4.78, 5) is 13.4. The molecule has 1 atom stereocenters. The molecule has 3 rings (SSSR count). The number of likely N-dealkylation sites (tertiary alicyclic amines) is 1. The molecule has 1 saturated heterocycles. The zero-order valence-electron chi connectivity index (χ0n) is 15.3. The summed E-state index contributed by atoms with van der Waals surface area (Å²) in [5, 5.41) is 3.27. The Morgan fingerprint density at radius 3 is 2.76 bits per heavy atom. The van der Waals surface area contributed by atoms with Gasteiger partial charge in [0.1, 0.15) is 17.6 Å². The van der Waals surface area contributed by atoms with Crippen LogP contribution in [-0.2, 0) is 0 Å². The highest BCUT2D eigenvalue weighted by atomic mass is 16.5. The van der Waals surface area contributed by atoms with Gasteiger partial charge in [0, 0.05) is 49.5 Å². The van der Waals surface area contributed by atoms with Crippen LogP contribution in [0.5, 0.6) is 5.75 Å². The second kappa shape index (κ2) is 7.59. The summed E-state index contributed by atoms with van der Waals surface area (Å²) in [5.74, 6) is 0.834. The van der Waals surface area contributed by atoms with E-state index in [0.717, 1.165) is 48.8 Å². The summed E-state index contributed by atoms with van der Waals surface area (Å²) in [7, 11) is 1.70. The smallest absolute Gasteiger partial charge is 0.145 e. The molecular weight excluding hydrogens is 314 g/mol. The van der Waals surface area contributed by atoms with Gasteiger partial charge >= 0.3 is 0 Å². The number of nitrogens with zero attached hydrogens (tertiary/aromatic N) is 4. The van der Waals surface area contributed by atoms with Crippen LogP contribution in [0.4, 0.5) is 5.69 Å². The lowest BCUT2D eigenvalue weighted by molar-refractivity contribution is 0.269. The lowest BCUT2D eigenvalue weighted by atomic mass is 10.0. The van der Waals surface area contributed by atoms with E-state index in [4.69, 9.17) is 4.74 Å². The topological polar surface area (TPSA) is 53.0 Å². The van der Waals surface area contributed by atoms with E-state index in [1.165, 1.54) is 0 Å². The molecule has 1 unspecified atom stereocenters. The Morgan fingerprint density at radius 2 is 2.16 bits per heavy atom. The normalized spacial score (nSPS) is 20.7. The van der Waals surface area contributed by atoms with E-state index in [2.05, 4.69) is 37.9 Å². The van der Waals surface area contributed by atoms with Crippen molar-refractivity contribution in [3.63, 3.8) is 0 Å². The molecule has 6 nitrogen and oxygen atoms in total. The molecular formula is C19H27N5O. The fraction of sp³-hybridized carbons (Fsp3) is 0.474. The highest BCUT2D eigenvalue weighted by Crippen LogP contribution is 2.34. The van der Waals surface area contributed by atoms with Gasteiger partial charge in [-0.1, -0.05) is 6.58 Å². The first-order chi connectivity index (χ1) is 12.1. The average molecular weight is 341 g/mol. The molecule has 6 heteroatoms. The first-order valence-electron chi connectivity index (χ1n) is 8.77. The van der Waals surface area contributed by atoms with Crippen LogP contribution in [0, 0.1) is 0 Å². The zero-order chi connectivity index (χ0) is 17.8. The molecule has 0 amide bonds. The van der Waals surface area contributed by atoms with Crippen LogP contribution in [0.3, 0.4) is 0 Å². The van der Waals surface area contributed by atoms with E-state index in [1.807, 2.05) is 32.3 Å². The summed E-state index contributed by atoms with van der Waals surface area (Å²) >= 11 is 0. The van der Waals surface area contributed by atoms with Crippen molar-refractivity contribution < 1.29 is 4.74 Å². The van der Waals surface area contributed by atoms with E-state index in [0.29, 0.717) is 6.04 Å². The van der Waals surface area contributed by atoms with Crippen LogP contribution >= 0.6 is 0 Å². The molecule has 0 aromatic carbocycles. The molecule has 0 spiro atoms. The summed E-state index contributed by atoms with van der Waals surface area (Å²) in [6.07, 6.45) is 9.92. The fourth-order valence-electron chi connectivity index (χ4n) is 3.47. The molecule has 1 N–H and O–H groups in total. The SMILES string of the molecule is C=C(C)N(c1cnccc1OC)C1CCN(C2=CNC(C)N=C2)CC1. The van der Waals surface area contributed by atoms with Gasteiger partial charge in [0.15, 0.2) is 0 Å². The summed E-state index contributed by atoms with van der Waals surface area (Å²) in [6.45, 7) is 10.3. The maximum Gasteiger partial charge on any atom is 0.145 e. The van der Waals surface area contributed by atoms with E-state index >= 15 is 0 Å². The minimum atomic E-state index is 0.165. The van der Waals surface area contributed by atoms with Crippen molar-refractivity contribution in [1.82, 2.24) is 15.2 Å². The Morgan fingerprint density at radius 1 is 1.40 bits per heavy atom. The number of rotatable bonds is 5. The fourth-order valence-corrected chi connectivity index (χ4v) is 3.47. The van der Waals surface area contributed by atoms with Gasteiger partial charge in [0.2, 0.25) is 0 Å². The second-order valence-corrected chi connectivity index (χ2v) is 6.56. The summed E-state index contributed by atoms with van der Waals surface area (Å²) in [6, 6.07) is 2.29. The number of hydrogen-bond acceptors (Lipinski definition) is 6. The van der Waals surface area contributed by atoms with Gasteiger partial charge in [-0.15, -0.1) is 0 Å². The maximum atomic E-state index is 5.53. The van der Waals surface area contributed by atoms with Crippen LogP contribution in [0.2, 0.25) is 0 Å². The number of aliphatic imine (C=N–C) groups is 1. The Kier molecular flexibility index (Phi) is 5.26. The molecule has 134 valence electrons. The number of piperidine rings is 1. The number of methoxy groups -OCH3 is 1. The van der Waals surface area contributed by atoms with Crippen molar-refractivity contribution in [3.8, 4) is 5.75 Å². The Labute approximate surface area is 149 Å². The third-order valence-electron chi connectivity index (χ3n) is 4.75. The quantitative estimate of drug-likeness (QED) is 0.892. The van der Waals surface area contributed by atoms with E-state index < -0.39 is 0 Å². The monoisotopic (exact) mass is 341 g/mol. The first kappa shape index (κ1) is 17.3. The summed E-state index contributed by atoms with van der Waals surface area (Å²) < 4.78 is 5.53. The molecule has 1 aromatic rings. The van der Waals surface area contributed by atoms with Gasteiger partial charge in [-0.2, -0.15) is 0 Å². The van der Waals surface area contributed by atoms with E-state index in [-0.39, 0.29) is 6.17 Å². The van der Waals surface area contributed by atoms with Crippen molar-refractivity contribution >= 4 is 11.9 Å². The van der Waals surface area contributed by atoms with E-state index in [9.17, 15) is 0 Å². The van der Waals surface area contributed by atoms with Crippen LogP contribution in [0.1, 0.15) is 26.7 Å². The minimum Gasteiger partial charge on any atom is -0.494 e. The molecule has 0 aliphatic carbocycles. The zero-order valence-corrected chi connectivity index (χ0v) is 15.3. The van der Waals surface area contributed by atoms with Crippen molar-refractivity contribution in [3.05, 3.63) is 42.6 Å². The third-order valence-corrected chi connectivity index (χ3v) is 4.75. The van der Waals surface area contributed by atoms with Gasteiger partial charge in [-0.25, -0.2) is 0 Å². The molecule has 0 radical (unpaired) electrons. The average Bonchev–Trinajstić information content (AvgIpc) is 2.63. The molecule has 2 aliphatic heterocycles. The van der Waals surface area contributed by atoms with Gasteiger partial charge in [0.05, 0.1) is 19.0 Å². The maximum absolute atomic E-state index is 5.53. The molecule has 1 aromatic heterocycles. The minimum absolute atomic E-state index is 0.165. The molecule has 1 fully saturated rings. The lowest BCUT2D eigenvalue weighted by Crippen LogP contribution is -2.45. The highest BCUT2D eigenvalue weighted by molar-refractivity contribution is 5.78. The van der Waals surface area contributed by atoms with Crippen molar-refractivity contribution in [2.45, 2.75) is 38.9 Å². The number of pyridine rings is 1. The first-order valence-corrected chi connectivity index (χ1v) is 8.77. The van der Waals surface area contributed by atoms with Crippen LogP contribution in [0.25, 0.3) is 0 Å². The van der Waals surface area contributed by atoms with Gasteiger partial charge < -0.3 is 19.9 Å². The predicted octanol–water partition coefficient (Wildman–Crippen LogP) is 2.76. The van der Waals surface area contributed by atoms with Crippen LogP contribution in [-0.4, -0.2) is 48.5 Å². The largest absolute Gasteiger partial charge is 0.494 e. The van der Waals surface area contributed by atoms with Crippen LogP contribution < -0.4 is 15.0 Å². The number of allylic oxidation sites excluding steroid dienone is 2. The Hall–Kier alpha value is -2.50. The molecule has 0 saturated carbocycles. The second-order valence-electron chi connectivity index (χ2n) is 6.56. The molecule has 3 heterocycles. The standard InChI is InChI=1S/C19H27N5O/c1-14(2)24(18-13-20-8-5-19(18)25-4)16-6-9-23(10-7-16)17-11-21-15(3)22-12-17/h5,8,11-13,15-16,21H,1,6-7,9-10H2,2-4H3. The van der Waals surface area contributed by atoms with Crippen LogP contribution in [0.15, 0.2) is 47.6 Å².